The number of benzene rings is 1. The molecule has 1 aliphatic rings. The number of rotatable bonds is 1. The lowest BCUT2D eigenvalue weighted by Crippen LogP contribution is -2.31. The molecule has 0 spiro atoms. The Balaban J connectivity index is 2.14. The molecule has 0 unspecified atom stereocenters. The summed E-state index contributed by atoms with van der Waals surface area (Å²) >= 11 is 0. The van der Waals surface area contributed by atoms with Crippen LogP contribution in [-0.2, 0) is 0 Å². The molecule has 0 atom stereocenters. The number of nitrogens with zero attached hydrogens (tertiary/aromatic N) is 1. The fourth-order valence-electron chi connectivity index (χ4n) is 2.33. The molecule has 1 aliphatic heterocycles. The minimum absolute atomic E-state index is 0.204. The standard InChI is InChI=1S/C15H21NO/c1-12-7-8-14(11-13(12)2)15(17)16-9-5-3-4-6-10-16/h7-8,11H,3-6,9-10H2,1-2H3. The van der Waals surface area contributed by atoms with E-state index in [9.17, 15) is 4.79 Å². The van der Waals surface area contributed by atoms with E-state index in [1.165, 1.54) is 24.0 Å². The topological polar surface area (TPSA) is 20.3 Å². The smallest absolute Gasteiger partial charge is 0.253 e. The first-order valence-electron chi connectivity index (χ1n) is 6.55. The highest BCUT2D eigenvalue weighted by molar-refractivity contribution is 5.94. The lowest BCUT2D eigenvalue weighted by Gasteiger charge is -2.20. The maximum Gasteiger partial charge on any atom is 0.253 e. The van der Waals surface area contributed by atoms with Crippen LogP contribution in [-0.4, -0.2) is 23.9 Å². The fraction of sp³-hybridized carbons (Fsp3) is 0.533. The van der Waals surface area contributed by atoms with Crippen molar-refractivity contribution in [1.82, 2.24) is 4.90 Å². The van der Waals surface area contributed by atoms with Crippen molar-refractivity contribution < 1.29 is 4.79 Å². The van der Waals surface area contributed by atoms with Crippen LogP contribution < -0.4 is 0 Å². The number of carbonyl (C=O) groups is 1. The van der Waals surface area contributed by atoms with Gasteiger partial charge in [-0.05, 0) is 49.9 Å². The number of likely N-dealkylation sites (tertiary alicyclic amines) is 1. The molecule has 0 radical (unpaired) electrons. The predicted octanol–water partition coefficient (Wildman–Crippen LogP) is 3.32. The summed E-state index contributed by atoms with van der Waals surface area (Å²) in [6.07, 6.45) is 4.82. The molecule has 1 amide bonds. The van der Waals surface area contributed by atoms with Crippen molar-refractivity contribution in [2.24, 2.45) is 0 Å². The molecule has 2 heteroatoms. The number of amides is 1. The molecular formula is C15H21NO. The third-order valence-electron chi connectivity index (χ3n) is 3.65. The molecule has 0 aromatic heterocycles. The molecule has 0 aliphatic carbocycles. The van der Waals surface area contributed by atoms with E-state index < -0.39 is 0 Å². The van der Waals surface area contributed by atoms with E-state index in [0.717, 1.165) is 31.5 Å². The van der Waals surface area contributed by atoms with Gasteiger partial charge in [0, 0.05) is 18.7 Å². The van der Waals surface area contributed by atoms with E-state index >= 15 is 0 Å². The van der Waals surface area contributed by atoms with Gasteiger partial charge in [-0.15, -0.1) is 0 Å². The van der Waals surface area contributed by atoms with Crippen LogP contribution in [0.3, 0.4) is 0 Å². The second-order valence-electron chi connectivity index (χ2n) is 5.01. The highest BCUT2D eigenvalue weighted by atomic mass is 16.2. The van der Waals surface area contributed by atoms with Crippen LogP contribution >= 0.6 is 0 Å². The van der Waals surface area contributed by atoms with E-state index in [0.29, 0.717) is 0 Å². The van der Waals surface area contributed by atoms with Crippen molar-refractivity contribution in [2.45, 2.75) is 39.5 Å². The Bertz CT molecular complexity index is 403. The summed E-state index contributed by atoms with van der Waals surface area (Å²) in [5, 5.41) is 0. The van der Waals surface area contributed by atoms with E-state index in [-0.39, 0.29) is 5.91 Å². The second kappa shape index (κ2) is 5.35. The van der Waals surface area contributed by atoms with Gasteiger partial charge in [0.15, 0.2) is 0 Å². The molecule has 0 bridgehead atoms. The van der Waals surface area contributed by atoms with Gasteiger partial charge in [0.2, 0.25) is 0 Å². The molecule has 1 aromatic rings. The van der Waals surface area contributed by atoms with Gasteiger partial charge in [-0.2, -0.15) is 0 Å². The average Bonchev–Trinajstić information content (AvgIpc) is 2.60. The Morgan fingerprint density at radius 3 is 2.24 bits per heavy atom. The predicted molar refractivity (Wildman–Crippen MR) is 70.3 cm³/mol. The van der Waals surface area contributed by atoms with E-state index in [1.807, 2.05) is 23.1 Å². The van der Waals surface area contributed by atoms with E-state index in [1.54, 1.807) is 0 Å². The molecule has 2 nitrogen and oxygen atoms in total. The van der Waals surface area contributed by atoms with Crippen LogP contribution in [0.5, 0.6) is 0 Å². The number of aryl methyl sites for hydroxylation is 2. The van der Waals surface area contributed by atoms with Gasteiger partial charge in [-0.3, -0.25) is 4.79 Å². The first kappa shape index (κ1) is 12.2. The monoisotopic (exact) mass is 231 g/mol. The van der Waals surface area contributed by atoms with Gasteiger partial charge < -0.3 is 4.90 Å². The van der Waals surface area contributed by atoms with Crippen LogP contribution in [0.2, 0.25) is 0 Å². The molecule has 1 aromatic carbocycles. The highest BCUT2D eigenvalue weighted by Gasteiger charge is 2.17. The Labute approximate surface area is 104 Å². The van der Waals surface area contributed by atoms with Crippen LogP contribution in [0.4, 0.5) is 0 Å². The zero-order chi connectivity index (χ0) is 12.3. The van der Waals surface area contributed by atoms with Crippen molar-refractivity contribution in [3.8, 4) is 0 Å². The molecular weight excluding hydrogens is 210 g/mol. The summed E-state index contributed by atoms with van der Waals surface area (Å²) in [5.41, 5.74) is 3.29. The molecule has 0 saturated carbocycles. The molecule has 17 heavy (non-hydrogen) atoms. The Kier molecular flexibility index (Phi) is 3.82. The van der Waals surface area contributed by atoms with E-state index in [4.69, 9.17) is 0 Å². The molecule has 2 rings (SSSR count). The van der Waals surface area contributed by atoms with Gasteiger partial charge in [0.25, 0.3) is 5.91 Å². The third kappa shape index (κ3) is 2.87. The quantitative estimate of drug-likeness (QED) is 0.726. The summed E-state index contributed by atoms with van der Waals surface area (Å²) < 4.78 is 0. The minimum atomic E-state index is 0.204. The summed E-state index contributed by atoms with van der Waals surface area (Å²) in [6, 6.07) is 6.01. The minimum Gasteiger partial charge on any atom is -0.339 e. The van der Waals surface area contributed by atoms with Gasteiger partial charge in [-0.25, -0.2) is 0 Å². The normalized spacial score (nSPS) is 16.7. The highest BCUT2D eigenvalue weighted by Crippen LogP contribution is 2.15. The molecule has 92 valence electrons. The molecule has 1 fully saturated rings. The van der Waals surface area contributed by atoms with Crippen LogP contribution in [0.1, 0.15) is 47.2 Å². The van der Waals surface area contributed by atoms with Crippen molar-refractivity contribution in [1.29, 1.82) is 0 Å². The van der Waals surface area contributed by atoms with Crippen LogP contribution in [0.25, 0.3) is 0 Å². The van der Waals surface area contributed by atoms with Gasteiger partial charge in [0.05, 0.1) is 0 Å². The third-order valence-corrected chi connectivity index (χ3v) is 3.65. The summed E-state index contributed by atoms with van der Waals surface area (Å²) in [6.45, 7) is 5.99. The molecule has 1 saturated heterocycles. The Morgan fingerprint density at radius 2 is 1.65 bits per heavy atom. The maximum atomic E-state index is 12.3. The Morgan fingerprint density at radius 1 is 1.00 bits per heavy atom. The maximum absolute atomic E-state index is 12.3. The summed E-state index contributed by atoms with van der Waals surface area (Å²) in [7, 11) is 0. The van der Waals surface area contributed by atoms with Crippen LogP contribution in [0.15, 0.2) is 18.2 Å². The van der Waals surface area contributed by atoms with Crippen LogP contribution in [0, 0.1) is 13.8 Å². The Hall–Kier alpha value is -1.31. The number of hydrogen-bond acceptors (Lipinski definition) is 1. The zero-order valence-electron chi connectivity index (χ0n) is 10.8. The molecule has 0 N–H and O–H groups in total. The van der Waals surface area contributed by atoms with Crippen molar-refractivity contribution in [3.63, 3.8) is 0 Å². The number of carbonyl (C=O) groups excluding carboxylic acids is 1. The fourth-order valence-corrected chi connectivity index (χ4v) is 2.33. The first-order chi connectivity index (χ1) is 8.18. The number of hydrogen-bond donors (Lipinski definition) is 0. The average molecular weight is 231 g/mol. The van der Waals surface area contributed by atoms with Gasteiger partial charge >= 0.3 is 0 Å². The van der Waals surface area contributed by atoms with Crippen molar-refractivity contribution in [2.75, 3.05) is 13.1 Å². The summed E-state index contributed by atoms with van der Waals surface area (Å²) in [4.78, 5) is 14.4. The largest absolute Gasteiger partial charge is 0.339 e. The van der Waals surface area contributed by atoms with E-state index in [2.05, 4.69) is 13.8 Å². The van der Waals surface area contributed by atoms with Gasteiger partial charge in [0.1, 0.15) is 0 Å². The lowest BCUT2D eigenvalue weighted by molar-refractivity contribution is 0.0761. The molecule has 1 heterocycles. The van der Waals surface area contributed by atoms with Crippen molar-refractivity contribution in [3.05, 3.63) is 34.9 Å². The lowest BCUT2D eigenvalue weighted by atomic mass is 10.1. The van der Waals surface area contributed by atoms with Crippen molar-refractivity contribution >= 4 is 5.91 Å². The van der Waals surface area contributed by atoms with Gasteiger partial charge in [-0.1, -0.05) is 18.9 Å². The summed E-state index contributed by atoms with van der Waals surface area (Å²) in [5.74, 6) is 0.204. The second-order valence-corrected chi connectivity index (χ2v) is 5.01. The SMILES string of the molecule is Cc1ccc(C(=O)N2CCCCCC2)cc1C. The zero-order valence-corrected chi connectivity index (χ0v) is 10.8. The first-order valence-corrected chi connectivity index (χ1v) is 6.55.